The van der Waals surface area contributed by atoms with Gasteiger partial charge in [-0.25, -0.2) is 0 Å². The van der Waals surface area contributed by atoms with Crippen LogP contribution in [0.4, 0.5) is 0 Å². The van der Waals surface area contributed by atoms with Crippen LogP contribution in [-0.2, 0) is 0 Å². The van der Waals surface area contributed by atoms with Crippen LogP contribution in [0.3, 0.4) is 0 Å². The number of allylic oxidation sites excluding steroid dienone is 2. The third kappa shape index (κ3) is 3.02. The van der Waals surface area contributed by atoms with Crippen LogP contribution in [0.25, 0.3) is 0 Å². The summed E-state index contributed by atoms with van der Waals surface area (Å²) in [6.45, 7) is 6.74. The van der Waals surface area contributed by atoms with Gasteiger partial charge in [-0.1, -0.05) is 55.8 Å². The van der Waals surface area contributed by atoms with Crippen LogP contribution in [0.1, 0.15) is 31.2 Å². The molecule has 1 saturated carbocycles. The Morgan fingerprint density at radius 2 is 1.88 bits per heavy atom. The minimum Gasteiger partial charge on any atom is -0.385 e. The molecule has 2 atom stereocenters. The van der Waals surface area contributed by atoms with Crippen LogP contribution in [0, 0.1) is 11.8 Å². The summed E-state index contributed by atoms with van der Waals surface area (Å²) in [7, 11) is -1.75. The molecule has 126 valence electrons. The molecule has 0 aliphatic heterocycles. The Balaban J connectivity index is 2.08. The molecule has 0 aromatic heterocycles. The predicted molar refractivity (Wildman–Crippen MR) is 101 cm³/mol. The van der Waals surface area contributed by atoms with Crippen molar-refractivity contribution in [1.82, 2.24) is 0 Å². The average molecular weight is 339 g/mol. The summed E-state index contributed by atoms with van der Waals surface area (Å²) >= 11 is 0. The van der Waals surface area contributed by atoms with E-state index in [9.17, 15) is 10.2 Å². The Morgan fingerprint density at radius 1 is 1.17 bits per heavy atom. The molecule has 1 aromatic carbocycles. The Labute approximate surface area is 145 Å². The van der Waals surface area contributed by atoms with Gasteiger partial charge in [-0.15, -0.1) is 0 Å². The monoisotopic (exact) mass is 338 g/mol. The van der Waals surface area contributed by atoms with Crippen molar-refractivity contribution in [3.63, 3.8) is 0 Å². The Kier molecular flexibility index (Phi) is 4.57. The second-order valence-corrected chi connectivity index (χ2v) is 12.8. The van der Waals surface area contributed by atoms with Crippen molar-refractivity contribution in [1.29, 1.82) is 0 Å². The number of hydrogen-bond acceptors (Lipinski definition) is 2. The second-order valence-electron chi connectivity index (χ2n) is 7.85. The van der Waals surface area contributed by atoms with Gasteiger partial charge < -0.3 is 10.2 Å². The fourth-order valence-electron chi connectivity index (χ4n) is 3.62. The summed E-state index contributed by atoms with van der Waals surface area (Å²) in [4.78, 5) is 0. The molecule has 3 rings (SSSR count). The maximum absolute atomic E-state index is 10.9. The Hall–Kier alpha value is -1.60. The molecule has 0 saturated heterocycles. The molecule has 2 aliphatic carbocycles. The lowest BCUT2D eigenvalue weighted by Crippen LogP contribution is -2.57. The SMILES string of the molecule is C[Si](C)(C)/C(C#Cc1ccccc1)=C1\C2=CCCCC[C@]2(O)[C@H]1O. The number of fused-ring (bicyclic) bond motifs is 1. The molecule has 2 N–H and O–H groups in total. The van der Waals surface area contributed by atoms with Crippen molar-refractivity contribution in [2.45, 2.75) is 57.0 Å². The zero-order valence-corrected chi connectivity index (χ0v) is 15.8. The summed E-state index contributed by atoms with van der Waals surface area (Å²) in [5.74, 6) is 6.61. The van der Waals surface area contributed by atoms with Crippen molar-refractivity contribution in [2.24, 2.45) is 0 Å². The minimum atomic E-state index is -1.75. The summed E-state index contributed by atoms with van der Waals surface area (Å²) in [5, 5.41) is 22.7. The van der Waals surface area contributed by atoms with Gasteiger partial charge in [-0.3, -0.25) is 0 Å². The third-order valence-electron chi connectivity index (χ3n) is 4.97. The Morgan fingerprint density at radius 3 is 2.54 bits per heavy atom. The highest BCUT2D eigenvalue weighted by molar-refractivity contribution is 6.84. The van der Waals surface area contributed by atoms with E-state index in [0.29, 0.717) is 6.42 Å². The van der Waals surface area contributed by atoms with Gasteiger partial charge in [0.25, 0.3) is 0 Å². The van der Waals surface area contributed by atoms with E-state index in [1.807, 2.05) is 30.3 Å². The molecule has 0 amide bonds. The van der Waals surface area contributed by atoms with Crippen LogP contribution in [0.15, 0.2) is 52.8 Å². The molecule has 1 aromatic rings. The first-order valence-electron chi connectivity index (χ1n) is 8.77. The van der Waals surface area contributed by atoms with E-state index in [1.165, 1.54) is 0 Å². The van der Waals surface area contributed by atoms with Gasteiger partial charge in [0.2, 0.25) is 0 Å². The van der Waals surface area contributed by atoms with Crippen molar-refractivity contribution < 1.29 is 10.2 Å². The molecule has 3 heteroatoms. The normalized spacial score (nSPS) is 28.5. The van der Waals surface area contributed by atoms with E-state index in [1.54, 1.807) is 0 Å². The molecule has 2 nitrogen and oxygen atoms in total. The molecular weight excluding hydrogens is 312 g/mol. The van der Waals surface area contributed by atoms with Crippen LogP contribution < -0.4 is 0 Å². The second kappa shape index (κ2) is 6.37. The van der Waals surface area contributed by atoms with Gasteiger partial charge in [0.15, 0.2) is 0 Å². The van der Waals surface area contributed by atoms with Crippen LogP contribution >= 0.6 is 0 Å². The summed E-state index contributed by atoms with van der Waals surface area (Å²) in [6, 6.07) is 9.94. The van der Waals surface area contributed by atoms with Crippen molar-refractivity contribution >= 4 is 8.07 Å². The summed E-state index contributed by atoms with van der Waals surface area (Å²) in [6.07, 6.45) is 4.98. The van der Waals surface area contributed by atoms with Gasteiger partial charge in [-0.05, 0) is 54.2 Å². The zero-order valence-electron chi connectivity index (χ0n) is 14.8. The number of benzene rings is 1. The smallest absolute Gasteiger partial charge is 0.120 e. The molecule has 0 unspecified atom stereocenters. The van der Waals surface area contributed by atoms with E-state index in [2.05, 4.69) is 37.6 Å². The number of rotatable bonds is 1. The Bertz CT molecular complexity index is 744. The van der Waals surface area contributed by atoms with Crippen LogP contribution in [-0.4, -0.2) is 30.0 Å². The highest BCUT2D eigenvalue weighted by atomic mass is 28.3. The first-order chi connectivity index (χ1) is 11.3. The number of aliphatic hydroxyl groups excluding tert-OH is 1. The first-order valence-corrected chi connectivity index (χ1v) is 12.3. The molecular formula is C21H26O2Si. The predicted octanol–water partition coefficient (Wildman–Crippen LogP) is 3.82. The van der Waals surface area contributed by atoms with Gasteiger partial charge >= 0.3 is 0 Å². The molecule has 24 heavy (non-hydrogen) atoms. The van der Waals surface area contributed by atoms with Crippen molar-refractivity contribution in [3.8, 4) is 11.8 Å². The quantitative estimate of drug-likeness (QED) is 0.604. The van der Waals surface area contributed by atoms with Crippen molar-refractivity contribution in [2.75, 3.05) is 0 Å². The molecule has 1 fully saturated rings. The van der Waals surface area contributed by atoms with Crippen LogP contribution in [0.5, 0.6) is 0 Å². The van der Waals surface area contributed by atoms with E-state index < -0.39 is 19.8 Å². The van der Waals surface area contributed by atoms with Gasteiger partial charge in [0, 0.05) is 5.56 Å². The largest absolute Gasteiger partial charge is 0.385 e. The average Bonchev–Trinajstić information content (AvgIpc) is 2.71. The minimum absolute atomic E-state index is 0.647. The molecule has 0 bridgehead atoms. The summed E-state index contributed by atoms with van der Waals surface area (Å²) < 4.78 is 0. The first kappa shape index (κ1) is 17.2. The highest BCUT2D eigenvalue weighted by Crippen LogP contribution is 2.50. The maximum atomic E-state index is 10.9. The van der Waals surface area contributed by atoms with Gasteiger partial charge in [-0.2, -0.15) is 0 Å². The van der Waals surface area contributed by atoms with Gasteiger partial charge in [0.1, 0.15) is 11.7 Å². The van der Waals surface area contributed by atoms with Gasteiger partial charge in [0.05, 0.1) is 8.07 Å². The fraction of sp³-hybridized carbons (Fsp3) is 0.429. The lowest BCUT2D eigenvalue weighted by atomic mass is 9.65. The molecule has 2 aliphatic rings. The molecule has 0 heterocycles. The van der Waals surface area contributed by atoms with Crippen molar-refractivity contribution in [3.05, 3.63) is 58.3 Å². The lowest BCUT2D eigenvalue weighted by molar-refractivity contribution is -0.0653. The summed E-state index contributed by atoms with van der Waals surface area (Å²) in [5.41, 5.74) is 1.77. The third-order valence-corrected chi connectivity index (χ3v) is 6.86. The lowest BCUT2D eigenvalue weighted by Gasteiger charge is -2.49. The van der Waals surface area contributed by atoms with E-state index in [-0.39, 0.29) is 0 Å². The van der Waals surface area contributed by atoms with Crippen LogP contribution in [0.2, 0.25) is 19.6 Å². The maximum Gasteiger partial charge on any atom is 0.120 e. The zero-order chi connectivity index (χ0) is 17.4. The number of aliphatic hydroxyl groups is 2. The highest BCUT2D eigenvalue weighted by Gasteiger charge is 2.54. The topological polar surface area (TPSA) is 40.5 Å². The van der Waals surface area contributed by atoms with E-state index in [0.717, 1.165) is 41.2 Å². The van der Waals surface area contributed by atoms with E-state index in [4.69, 9.17) is 0 Å². The number of hydrogen-bond donors (Lipinski definition) is 2. The van der Waals surface area contributed by atoms with E-state index >= 15 is 0 Å². The standard InChI is InChI=1S/C21H26O2Si/c1-24(2,3)18(14-13-16-10-6-4-7-11-16)19-17-12-8-5-9-15-21(17,23)20(19)22/h4,6-7,10-12,20,22-23H,5,8-9,15H2,1-3H3/b19-18+/t20-,21+/m0/s1. The molecule has 0 spiro atoms. The fourth-order valence-corrected chi connectivity index (χ4v) is 5.14. The molecule has 0 radical (unpaired) electrons.